The molecular formula is C26H27FN4O4S. The molecule has 0 aliphatic rings. The van der Waals surface area contributed by atoms with Crippen LogP contribution in [0.3, 0.4) is 0 Å². The molecule has 4 rings (SSSR count). The van der Waals surface area contributed by atoms with Crippen LogP contribution in [0.5, 0.6) is 11.5 Å². The summed E-state index contributed by atoms with van der Waals surface area (Å²) in [6.45, 7) is 3.37. The molecule has 0 radical (unpaired) electrons. The Morgan fingerprint density at radius 3 is 2.58 bits per heavy atom. The number of halogens is 1. The third kappa shape index (κ3) is 5.39. The van der Waals surface area contributed by atoms with E-state index in [2.05, 4.69) is 20.6 Å². The van der Waals surface area contributed by atoms with E-state index in [9.17, 15) is 9.18 Å². The number of aryl methyl sites for hydroxylation is 1. The number of aromatic nitrogens is 2. The molecule has 0 aliphatic carbocycles. The number of hydrogen-bond acceptors (Lipinski definition) is 8. The Hall–Kier alpha value is -3.76. The fourth-order valence-electron chi connectivity index (χ4n) is 3.89. The molecule has 8 nitrogen and oxygen atoms in total. The first-order chi connectivity index (χ1) is 17.3. The number of nitrogens with one attached hydrogen (secondary N) is 2. The predicted octanol–water partition coefficient (Wildman–Crippen LogP) is 4.60. The van der Waals surface area contributed by atoms with Gasteiger partial charge in [-0.1, -0.05) is 6.07 Å². The summed E-state index contributed by atoms with van der Waals surface area (Å²) in [5.41, 5.74) is 2.19. The Labute approximate surface area is 212 Å². The second-order valence-corrected chi connectivity index (χ2v) is 9.26. The molecule has 4 aromatic rings. The number of methoxy groups -OCH3 is 2. The van der Waals surface area contributed by atoms with Crippen LogP contribution in [0.1, 0.15) is 29.2 Å². The minimum atomic E-state index is -0.618. The highest BCUT2D eigenvalue weighted by molar-refractivity contribution is 7.15. The van der Waals surface area contributed by atoms with E-state index >= 15 is 0 Å². The quantitative estimate of drug-likeness (QED) is 0.302. The summed E-state index contributed by atoms with van der Waals surface area (Å²) in [5, 5.41) is 15.8. The number of carbonyl (C=O) groups excluding carboxylic acids is 1. The molecule has 0 saturated heterocycles. The van der Waals surface area contributed by atoms with Crippen LogP contribution in [0.2, 0.25) is 0 Å². The molecule has 0 fully saturated rings. The van der Waals surface area contributed by atoms with Gasteiger partial charge in [0.15, 0.2) is 11.5 Å². The summed E-state index contributed by atoms with van der Waals surface area (Å²) in [7, 11) is 3.17. The van der Waals surface area contributed by atoms with Crippen LogP contribution in [0.4, 0.5) is 10.2 Å². The first-order valence-electron chi connectivity index (χ1n) is 11.3. The Balaban J connectivity index is 1.63. The van der Waals surface area contributed by atoms with Crippen LogP contribution in [0, 0.1) is 12.7 Å². The van der Waals surface area contributed by atoms with E-state index in [0.717, 1.165) is 26.2 Å². The van der Waals surface area contributed by atoms with Gasteiger partial charge in [-0.05, 0) is 55.3 Å². The maximum absolute atomic E-state index is 13.9. The number of hydrogen-bond donors (Lipinski definition) is 3. The van der Waals surface area contributed by atoms with Gasteiger partial charge in [-0.15, -0.1) is 11.3 Å². The lowest BCUT2D eigenvalue weighted by Crippen LogP contribution is -2.25. The van der Waals surface area contributed by atoms with Crippen LogP contribution in [-0.4, -0.2) is 41.8 Å². The van der Waals surface area contributed by atoms with Crippen molar-refractivity contribution < 1.29 is 23.8 Å². The predicted molar refractivity (Wildman–Crippen MR) is 138 cm³/mol. The van der Waals surface area contributed by atoms with Gasteiger partial charge in [0, 0.05) is 27.8 Å². The molecule has 10 heteroatoms. The molecule has 2 aromatic heterocycles. The number of anilines is 1. The van der Waals surface area contributed by atoms with Crippen LogP contribution >= 0.6 is 11.3 Å². The largest absolute Gasteiger partial charge is 0.493 e. The minimum absolute atomic E-state index is 0.0904. The Morgan fingerprint density at radius 2 is 1.86 bits per heavy atom. The van der Waals surface area contributed by atoms with Gasteiger partial charge in [0.1, 0.15) is 24.1 Å². The molecule has 36 heavy (non-hydrogen) atoms. The number of rotatable bonds is 9. The summed E-state index contributed by atoms with van der Waals surface area (Å²) in [5.74, 6) is 1.57. The van der Waals surface area contributed by atoms with Crippen molar-refractivity contribution in [3.63, 3.8) is 0 Å². The number of carbonyl (C=O) groups is 1. The molecule has 1 atom stereocenters. The maximum atomic E-state index is 13.9. The van der Waals surface area contributed by atoms with Crippen molar-refractivity contribution in [2.75, 3.05) is 26.1 Å². The highest BCUT2D eigenvalue weighted by atomic mass is 32.1. The smallest absolute Gasteiger partial charge is 0.245 e. The third-order valence-corrected chi connectivity index (χ3v) is 6.97. The van der Waals surface area contributed by atoms with Crippen LogP contribution < -0.4 is 20.1 Å². The van der Waals surface area contributed by atoms with E-state index in [-0.39, 0.29) is 12.6 Å². The lowest BCUT2D eigenvalue weighted by molar-refractivity contribution is -0.123. The molecule has 1 amide bonds. The van der Waals surface area contributed by atoms with Crippen molar-refractivity contribution in [1.82, 2.24) is 15.3 Å². The van der Waals surface area contributed by atoms with Crippen molar-refractivity contribution in [2.45, 2.75) is 26.4 Å². The van der Waals surface area contributed by atoms with Gasteiger partial charge in [0.05, 0.1) is 25.8 Å². The van der Waals surface area contributed by atoms with Crippen LogP contribution in [-0.2, 0) is 11.3 Å². The molecule has 188 valence electrons. The van der Waals surface area contributed by atoms with Crippen molar-refractivity contribution in [2.24, 2.45) is 0 Å². The summed E-state index contributed by atoms with van der Waals surface area (Å²) >= 11 is 1.56. The summed E-state index contributed by atoms with van der Waals surface area (Å²) in [6, 6.07) is 12.1. The number of amides is 1. The monoisotopic (exact) mass is 510 g/mol. The second kappa shape index (κ2) is 10.9. The van der Waals surface area contributed by atoms with Crippen molar-refractivity contribution in [3.05, 3.63) is 64.5 Å². The van der Waals surface area contributed by atoms with Crippen LogP contribution in [0.15, 0.2) is 42.5 Å². The van der Waals surface area contributed by atoms with Crippen molar-refractivity contribution >= 4 is 34.0 Å². The van der Waals surface area contributed by atoms with Gasteiger partial charge in [-0.2, -0.15) is 0 Å². The Kier molecular flexibility index (Phi) is 7.66. The SMILES string of the molecule is COc1cc2nc(C)nc(NC(C)c3ccc(-c4ccc(F)cc4CNC(=O)CO)s3)c2cc1OC. The molecular weight excluding hydrogens is 483 g/mol. The van der Waals surface area contributed by atoms with E-state index in [0.29, 0.717) is 28.7 Å². The topological polar surface area (TPSA) is 106 Å². The summed E-state index contributed by atoms with van der Waals surface area (Å²) in [4.78, 5) is 22.6. The van der Waals surface area contributed by atoms with E-state index < -0.39 is 18.3 Å². The van der Waals surface area contributed by atoms with E-state index in [4.69, 9.17) is 14.6 Å². The highest BCUT2D eigenvalue weighted by Gasteiger charge is 2.17. The Morgan fingerprint density at radius 1 is 1.11 bits per heavy atom. The number of aliphatic hydroxyl groups is 1. The number of nitrogens with zero attached hydrogens (tertiary/aromatic N) is 2. The first kappa shape index (κ1) is 25.3. The average Bonchev–Trinajstić information content (AvgIpc) is 3.36. The lowest BCUT2D eigenvalue weighted by atomic mass is 10.1. The summed E-state index contributed by atoms with van der Waals surface area (Å²) in [6.07, 6.45) is 0. The molecule has 2 heterocycles. The minimum Gasteiger partial charge on any atom is -0.493 e. The van der Waals surface area contributed by atoms with E-state index in [1.54, 1.807) is 31.6 Å². The second-order valence-electron chi connectivity index (χ2n) is 8.15. The van der Waals surface area contributed by atoms with Gasteiger partial charge in [0.2, 0.25) is 5.91 Å². The zero-order valence-corrected chi connectivity index (χ0v) is 21.2. The van der Waals surface area contributed by atoms with E-state index in [1.165, 1.54) is 12.1 Å². The van der Waals surface area contributed by atoms with Crippen molar-refractivity contribution in [3.8, 4) is 21.9 Å². The average molecular weight is 511 g/mol. The molecule has 0 saturated carbocycles. The molecule has 2 aromatic carbocycles. The van der Waals surface area contributed by atoms with Crippen LogP contribution in [0.25, 0.3) is 21.3 Å². The van der Waals surface area contributed by atoms with Gasteiger partial charge in [-0.25, -0.2) is 14.4 Å². The van der Waals surface area contributed by atoms with Gasteiger partial charge >= 0.3 is 0 Å². The standard InChI is InChI=1S/C26H27FN4O4S/c1-14(29-26-19-10-21(34-3)22(35-4)11-20(19)30-15(2)31-26)23-7-8-24(36-23)18-6-5-17(27)9-16(18)12-28-25(33)13-32/h5-11,14,32H,12-13H2,1-4H3,(H,28,33)(H,29,30,31). The Bertz CT molecular complexity index is 1410. The van der Waals surface area contributed by atoms with Crippen molar-refractivity contribution in [1.29, 1.82) is 0 Å². The molecule has 3 N–H and O–H groups in total. The van der Waals surface area contributed by atoms with Gasteiger partial charge in [0.25, 0.3) is 0 Å². The fraction of sp³-hybridized carbons (Fsp3) is 0.269. The number of fused-ring (bicyclic) bond motifs is 1. The number of thiophene rings is 1. The number of ether oxygens (including phenoxy) is 2. The molecule has 0 spiro atoms. The molecule has 0 bridgehead atoms. The molecule has 1 unspecified atom stereocenters. The van der Waals surface area contributed by atoms with Gasteiger partial charge < -0.3 is 25.2 Å². The highest BCUT2D eigenvalue weighted by Crippen LogP contribution is 2.37. The normalized spacial score (nSPS) is 11.8. The zero-order valence-electron chi connectivity index (χ0n) is 20.4. The van der Waals surface area contributed by atoms with E-state index in [1.807, 2.05) is 38.1 Å². The molecule has 0 aliphatic heterocycles. The third-order valence-electron chi connectivity index (χ3n) is 5.67. The number of benzene rings is 2. The lowest BCUT2D eigenvalue weighted by Gasteiger charge is -2.17. The fourth-order valence-corrected chi connectivity index (χ4v) is 4.96. The van der Waals surface area contributed by atoms with Gasteiger partial charge in [-0.3, -0.25) is 4.79 Å². The summed E-state index contributed by atoms with van der Waals surface area (Å²) < 4.78 is 24.8. The number of aliphatic hydroxyl groups excluding tert-OH is 1. The maximum Gasteiger partial charge on any atom is 0.245 e. The first-order valence-corrected chi connectivity index (χ1v) is 12.1. The zero-order chi connectivity index (χ0) is 25.8.